The molecule has 0 amide bonds. The molecule has 1 aromatic heterocycles. The number of aromatic amines is 1. The van der Waals surface area contributed by atoms with Crippen LogP contribution in [0.4, 0.5) is 0 Å². The summed E-state index contributed by atoms with van der Waals surface area (Å²) in [5.41, 5.74) is 2.47. The fraction of sp³-hybridized carbons (Fsp3) is 0.364. The van der Waals surface area contributed by atoms with Gasteiger partial charge in [-0.3, -0.25) is 5.10 Å². The molecule has 0 atom stereocenters. The van der Waals surface area contributed by atoms with Crippen LogP contribution in [0.5, 0.6) is 0 Å². The highest BCUT2D eigenvalue weighted by molar-refractivity contribution is 5.78. The predicted octanol–water partition coefficient (Wildman–Crippen LogP) is 3.40. The molecule has 0 radical (unpaired) electrons. The van der Waals surface area contributed by atoms with Gasteiger partial charge in [0, 0.05) is 6.81 Å². The van der Waals surface area contributed by atoms with Crippen molar-refractivity contribution in [3.05, 3.63) is 30.0 Å². The van der Waals surface area contributed by atoms with Gasteiger partial charge in [0.15, 0.2) is 0 Å². The molecule has 0 saturated heterocycles. The minimum Gasteiger partial charge on any atom is -0.278 e. The predicted molar refractivity (Wildman–Crippen MR) is 58.9 cm³/mol. The fourth-order valence-electron chi connectivity index (χ4n) is 1.21. The van der Waals surface area contributed by atoms with Gasteiger partial charge in [0.25, 0.3) is 0 Å². The Morgan fingerprint density at radius 3 is 2.85 bits per heavy atom. The smallest absolute Gasteiger partial charge is 0.0650 e. The lowest BCUT2D eigenvalue weighted by Crippen LogP contribution is -1.77. The Morgan fingerprint density at radius 1 is 1.38 bits per heavy atom. The van der Waals surface area contributed by atoms with Crippen molar-refractivity contribution in [3.8, 4) is 0 Å². The Labute approximate surface area is 80.5 Å². The molecular formula is C11H18N2. The van der Waals surface area contributed by atoms with E-state index in [1.54, 1.807) is 0 Å². The molecule has 1 aromatic carbocycles. The maximum Gasteiger partial charge on any atom is 0.0650 e. The molecule has 72 valence electrons. The van der Waals surface area contributed by atoms with Crippen LogP contribution in [0.2, 0.25) is 0 Å². The first kappa shape index (κ1) is 9.78. The van der Waals surface area contributed by atoms with Crippen LogP contribution in [0.25, 0.3) is 10.9 Å². The Hall–Kier alpha value is -1.31. The molecule has 0 fully saturated rings. The van der Waals surface area contributed by atoms with E-state index in [2.05, 4.69) is 35.3 Å². The fourth-order valence-corrected chi connectivity index (χ4v) is 1.21. The molecule has 2 aromatic rings. The zero-order valence-electron chi connectivity index (χ0n) is 8.46. The van der Waals surface area contributed by atoms with Crippen molar-refractivity contribution in [3.63, 3.8) is 0 Å². The highest BCUT2D eigenvalue weighted by Gasteiger charge is 1.94. The van der Waals surface area contributed by atoms with Crippen LogP contribution < -0.4 is 0 Å². The zero-order chi connectivity index (χ0) is 9.68. The lowest BCUT2D eigenvalue weighted by atomic mass is 10.1. The maximum atomic E-state index is 3.95. The summed E-state index contributed by atoms with van der Waals surface area (Å²) in [6, 6.07) is 6.36. The SMILES string of the molecule is CC.CCc1ccc2[nH]ncc2c1.[HH]. The van der Waals surface area contributed by atoms with Crippen molar-refractivity contribution in [2.75, 3.05) is 0 Å². The van der Waals surface area contributed by atoms with Gasteiger partial charge in [0.2, 0.25) is 0 Å². The first-order valence-corrected chi connectivity index (χ1v) is 4.82. The Bertz CT molecular complexity index is 368. The first-order valence-electron chi connectivity index (χ1n) is 4.82. The van der Waals surface area contributed by atoms with E-state index in [9.17, 15) is 0 Å². The molecule has 2 rings (SSSR count). The molecule has 13 heavy (non-hydrogen) atoms. The number of nitrogens with zero attached hydrogens (tertiary/aromatic N) is 1. The average Bonchev–Trinajstić information content (AvgIpc) is 2.67. The second kappa shape index (κ2) is 4.65. The summed E-state index contributed by atoms with van der Waals surface area (Å²) in [4.78, 5) is 0. The van der Waals surface area contributed by atoms with E-state index in [0.29, 0.717) is 0 Å². The lowest BCUT2D eigenvalue weighted by molar-refractivity contribution is 1.12. The summed E-state index contributed by atoms with van der Waals surface area (Å²) in [5.74, 6) is 0. The lowest BCUT2D eigenvalue weighted by Gasteiger charge is -1.93. The van der Waals surface area contributed by atoms with Gasteiger partial charge in [0.1, 0.15) is 0 Å². The molecule has 0 aliphatic carbocycles. The first-order chi connectivity index (χ1) is 6.40. The quantitative estimate of drug-likeness (QED) is 0.712. The van der Waals surface area contributed by atoms with Gasteiger partial charge in [0.05, 0.1) is 11.7 Å². The highest BCUT2D eigenvalue weighted by Crippen LogP contribution is 2.12. The van der Waals surface area contributed by atoms with Crippen molar-refractivity contribution in [1.29, 1.82) is 0 Å². The Kier molecular flexibility index (Phi) is 3.50. The summed E-state index contributed by atoms with van der Waals surface area (Å²) < 4.78 is 0. The van der Waals surface area contributed by atoms with Crippen LogP contribution in [-0.4, -0.2) is 10.2 Å². The molecule has 0 aliphatic rings. The van der Waals surface area contributed by atoms with Crippen LogP contribution in [0.15, 0.2) is 24.4 Å². The molecule has 2 heteroatoms. The second-order valence-electron chi connectivity index (χ2n) is 2.65. The minimum atomic E-state index is 0. The van der Waals surface area contributed by atoms with E-state index < -0.39 is 0 Å². The standard InChI is InChI=1S/C9H10N2.C2H6.H2/c1-2-7-3-4-9-8(5-7)6-10-11-9;1-2;/h3-6H,2H2,1H3,(H,10,11);1-2H3;1H. The van der Waals surface area contributed by atoms with Gasteiger partial charge in [-0.2, -0.15) is 5.10 Å². The number of hydrogen-bond donors (Lipinski definition) is 1. The summed E-state index contributed by atoms with van der Waals surface area (Å²) in [6.07, 6.45) is 2.94. The number of nitrogens with one attached hydrogen (secondary N) is 1. The Balaban J connectivity index is 0.000000531. The van der Waals surface area contributed by atoms with E-state index in [0.717, 1.165) is 11.9 Å². The molecule has 0 saturated carbocycles. The van der Waals surface area contributed by atoms with Gasteiger partial charge in [-0.1, -0.05) is 26.8 Å². The van der Waals surface area contributed by atoms with Gasteiger partial charge in [-0.25, -0.2) is 0 Å². The number of fused-ring (bicyclic) bond motifs is 1. The third-order valence-corrected chi connectivity index (χ3v) is 1.91. The molecule has 1 N–H and O–H groups in total. The summed E-state index contributed by atoms with van der Waals surface area (Å²) in [5, 5.41) is 8.07. The number of benzene rings is 1. The number of hydrogen-bond acceptors (Lipinski definition) is 1. The Morgan fingerprint density at radius 2 is 2.15 bits per heavy atom. The third kappa shape index (κ3) is 2.08. The summed E-state index contributed by atoms with van der Waals surface area (Å²) >= 11 is 0. The van der Waals surface area contributed by atoms with Crippen LogP contribution >= 0.6 is 0 Å². The molecule has 2 nitrogen and oxygen atoms in total. The van der Waals surface area contributed by atoms with E-state index in [4.69, 9.17) is 0 Å². The molecule has 0 bridgehead atoms. The monoisotopic (exact) mass is 178 g/mol. The van der Waals surface area contributed by atoms with Gasteiger partial charge in [-0.05, 0) is 24.1 Å². The molecule has 1 heterocycles. The van der Waals surface area contributed by atoms with Crippen molar-refractivity contribution in [1.82, 2.24) is 10.2 Å². The van der Waals surface area contributed by atoms with Gasteiger partial charge in [-0.15, -0.1) is 0 Å². The van der Waals surface area contributed by atoms with Crippen molar-refractivity contribution in [2.24, 2.45) is 0 Å². The highest BCUT2D eigenvalue weighted by atomic mass is 15.1. The van der Waals surface area contributed by atoms with Crippen LogP contribution in [-0.2, 0) is 6.42 Å². The van der Waals surface area contributed by atoms with Crippen LogP contribution in [0.1, 0.15) is 27.8 Å². The van der Waals surface area contributed by atoms with Crippen LogP contribution in [0.3, 0.4) is 0 Å². The number of rotatable bonds is 1. The number of H-pyrrole nitrogens is 1. The van der Waals surface area contributed by atoms with Crippen molar-refractivity contribution >= 4 is 10.9 Å². The van der Waals surface area contributed by atoms with Crippen LogP contribution in [0, 0.1) is 0 Å². The molecule has 0 spiro atoms. The maximum absolute atomic E-state index is 3.95. The topological polar surface area (TPSA) is 28.7 Å². The molecular weight excluding hydrogens is 160 g/mol. The second-order valence-corrected chi connectivity index (χ2v) is 2.65. The minimum absolute atomic E-state index is 0. The van der Waals surface area contributed by atoms with Crippen molar-refractivity contribution < 1.29 is 1.43 Å². The van der Waals surface area contributed by atoms with E-state index in [1.165, 1.54) is 10.9 Å². The van der Waals surface area contributed by atoms with E-state index in [1.807, 2.05) is 20.0 Å². The zero-order valence-corrected chi connectivity index (χ0v) is 8.46. The molecule has 0 aliphatic heterocycles. The third-order valence-electron chi connectivity index (χ3n) is 1.91. The van der Waals surface area contributed by atoms with Crippen molar-refractivity contribution in [2.45, 2.75) is 27.2 Å². The molecule has 0 unspecified atom stereocenters. The summed E-state index contributed by atoms with van der Waals surface area (Å²) in [7, 11) is 0. The largest absolute Gasteiger partial charge is 0.278 e. The van der Waals surface area contributed by atoms with Gasteiger partial charge >= 0.3 is 0 Å². The number of aryl methyl sites for hydroxylation is 1. The summed E-state index contributed by atoms with van der Waals surface area (Å²) in [6.45, 7) is 6.15. The van der Waals surface area contributed by atoms with E-state index >= 15 is 0 Å². The number of aromatic nitrogens is 2. The van der Waals surface area contributed by atoms with Gasteiger partial charge < -0.3 is 0 Å². The average molecular weight is 178 g/mol. The normalized spacial score (nSPS) is 9.46. The van der Waals surface area contributed by atoms with E-state index in [-0.39, 0.29) is 1.43 Å².